The number of cyclic esters (lactones) is 1. The van der Waals surface area contributed by atoms with Crippen molar-refractivity contribution in [3.63, 3.8) is 0 Å². The molecule has 27 heavy (non-hydrogen) atoms. The molecule has 2 amide bonds. The molecular weight excluding hydrogens is 352 g/mol. The van der Waals surface area contributed by atoms with E-state index in [1.54, 1.807) is 36.1 Å². The molecule has 0 radical (unpaired) electrons. The maximum atomic E-state index is 12.7. The number of carbonyl (C=O) groups excluding carboxylic acids is 4. The Bertz CT molecular complexity index is 818. The van der Waals surface area contributed by atoms with Gasteiger partial charge in [0.1, 0.15) is 18.7 Å². The number of ether oxygens (including phenoxy) is 2. The maximum Gasteiger partial charge on any atom is 0.347 e. The molecule has 0 bridgehead atoms. The van der Waals surface area contributed by atoms with Crippen LogP contribution in [-0.2, 0) is 23.9 Å². The highest BCUT2D eigenvalue weighted by molar-refractivity contribution is 6.05. The van der Waals surface area contributed by atoms with E-state index in [4.69, 9.17) is 9.47 Å². The topological polar surface area (TPSA) is 102 Å². The fraction of sp³-hybridized carbons (Fsp3) is 0.474. The van der Waals surface area contributed by atoms with Crippen molar-refractivity contribution in [2.24, 2.45) is 0 Å². The molecule has 3 atom stereocenters. The van der Waals surface area contributed by atoms with Crippen LogP contribution in [0.2, 0.25) is 0 Å². The van der Waals surface area contributed by atoms with Crippen LogP contribution in [0, 0.1) is 0 Å². The Kier molecular flexibility index (Phi) is 4.33. The van der Waals surface area contributed by atoms with Crippen LogP contribution < -0.4 is 5.32 Å². The van der Waals surface area contributed by atoms with Gasteiger partial charge in [-0.25, -0.2) is 4.79 Å². The fourth-order valence-corrected chi connectivity index (χ4v) is 3.61. The molecule has 2 heterocycles. The van der Waals surface area contributed by atoms with Crippen LogP contribution >= 0.6 is 0 Å². The third-order valence-corrected chi connectivity index (χ3v) is 4.99. The predicted molar refractivity (Wildman–Crippen MR) is 91.4 cm³/mol. The van der Waals surface area contributed by atoms with E-state index in [1.165, 1.54) is 0 Å². The summed E-state index contributed by atoms with van der Waals surface area (Å²) in [4.78, 5) is 50.5. The highest BCUT2D eigenvalue weighted by Crippen LogP contribution is 2.41. The number of fused-ring (bicyclic) bond motifs is 1. The van der Waals surface area contributed by atoms with Gasteiger partial charge in [-0.05, 0) is 31.4 Å². The Morgan fingerprint density at radius 3 is 2.67 bits per heavy atom. The van der Waals surface area contributed by atoms with E-state index < -0.39 is 30.0 Å². The average Bonchev–Trinajstić information content (AvgIpc) is 3.37. The van der Waals surface area contributed by atoms with E-state index in [0.29, 0.717) is 17.5 Å². The Balaban J connectivity index is 1.41. The second-order valence-corrected chi connectivity index (χ2v) is 7.11. The summed E-state index contributed by atoms with van der Waals surface area (Å²) < 4.78 is 10.0. The quantitative estimate of drug-likeness (QED) is 0.764. The molecule has 1 saturated carbocycles. The van der Waals surface area contributed by atoms with Crippen molar-refractivity contribution in [2.45, 2.75) is 50.5 Å². The van der Waals surface area contributed by atoms with E-state index in [0.717, 1.165) is 12.8 Å². The Morgan fingerprint density at radius 1 is 1.26 bits per heavy atom. The predicted octanol–water partition coefficient (Wildman–Crippen LogP) is 0.709. The number of esters is 2. The number of hydrogen-bond acceptors (Lipinski definition) is 6. The Labute approximate surface area is 155 Å². The molecule has 2 aliphatic heterocycles. The van der Waals surface area contributed by atoms with Gasteiger partial charge in [0, 0.05) is 18.0 Å². The number of nitrogens with one attached hydrogen (secondary N) is 1. The summed E-state index contributed by atoms with van der Waals surface area (Å²) in [5, 5.41) is 2.54. The molecule has 1 N–H and O–H groups in total. The van der Waals surface area contributed by atoms with Gasteiger partial charge in [0.05, 0.1) is 0 Å². The van der Waals surface area contributed by atoms with E-state index in [2.05, 4.69) is 5.32 Å². The Hall–Kier alpha value is -2.90. The van der Waals surface area contributed by atoms with Crippen LogP contribution in [0.3, 0.4) is 0 Å². The van der Waals surface area contributed by atoms with Gasteiger partial charge in [-0.15, -0.1) is 0 Å². The molecule has 1 saturated heterocycles. The SMILES string of the molecule is C[C@@H]1C[C@H](OC(=O)CNC(=O)[C@H]2c3ccccc3C(=O)N2C2CC2)C(=O)O1. The summed E-state index contributed by atoms with van der Waals surface area (Å²) in [6, 6.07) is 6.33. The van der Waals surface area contributed by atoms with Crippen molar-refractivity contribution in [3.8, 4) is 0 Å². The zero-order valence-corrected chi connectivity index (χ0v) is 14.8. The van der Waals surface area contributed by atoms with Gasteiger partial charge < -0.3 is 19.7 Å². The first-order valence-electron chi connectivity index (χ1n) is 9.05. The number of carbonyl (C=O) groups is 4. The lowest BCUT2D eigenvalue weighted by Gasteiger charge is -2.24. The minimum atomic E-state index is -0.929. The molecule has 0 spiro atoms. The highest BCUT2D eigenvalue weighted by atomic mass is 16.6. The molecule has 1 aromatic rings. The van der Waals surface area contributed by atoms with Crippen LogP contribution in [0.1, 0.15) is 48.1 Å². The molecule has 0 unspecified atom stereocenters. The minimum Gasteiger partial charge on any atom is -0.460 e. The summed E-state index contributed by atoms with van der Waals surface area (Å²) in [6.45, 7) is 1.34. The molecule has 3 aliphatic rings. The molecule has 1 aliphatic carbocycles. The monoisotopic (exact) mass is 372 g/mol. The lowest BCUT2D eigenvalue weighted by molar-refractivity contribution is -0.160. The lowest BCUT2D eigenvalue weighted by atomic mass is 10.0. The molecule has 142 valence electrons. The minimum absolute atomic E-state index is 0.0577. The van der Waals surface area contributed by atoms with E-state index >= 15 is 0 Å². The van der Waals surface area contributed by atoms with Gasteiger partial charge in [0.25, 0.3) is 5.91 Å². The first-order valence-corrected chi connectivity index (χ1v) is 9.05. The number of nitrogens with zero attached hydrogens (tertiary/aromatic N) is 1. The van der Waals surface area contributed by atoms with Gasteiger partial charge in [-0.2, -0.15) is 0 Å². The van der Waals surface area contributed by atoms with Crippen LogP contribution in [0.15, 0.2) is 24.3 Å². The molecule has 8 heteroatoms. The summed E-state index contributed by atoms with van der Waals surface area (Å²) in [5.41, 5.74) is 1.17. The summed E-state index contributed by atoms with van der Waals surface area (Å²) in [6.07, 6.45) is 0.818. The molecule has 8 nitrogen and oxygen atoms in total. The van der Waals surface area contributed by atoms with Crippen LogP contribution in [0.4, 0.5) is 0 Å². The number of benzene rings is 1. The van der Waals surface area contributed by atoms with Gasteiger partial charge in [0.2, 0.25) is 12.0 Å². The van der Waals surface area contributed by atoms with Crippen molar-refractivity contribution in [3.05, 3.63) is 35.4 Å². The van der Waals surface area contributed by atoms with Crippen LogP contribution in [-0.4, -0.2) is 53.4 Å². The fourth-order valence-electron chi connectivity index (χ4n) is 3.61. The summed E-state index contributed by atoms with van der Waals surface area (Å²) in [7, 11) is 0. The molecule has 0 aromatic heterocycles. The van der Waals surface area contributed by atoms with E-state index in [9.17, 15) is 19.2 Å². The van der Waals surface area contributed by atoms with E-state index in [1.807, 2.05) is 0 Å². The first kappa shape index (κ1) is 17.5. The van der Waals surface area contributed by atoms with E-state index in [-0.39, 0.29) is 24.6 Å². The lowest BCUT2D eigenvalue weighted by Crippen LogP contribution is -2.42. The number of hydrogen-bond donors (Lipinski definition) is 1. The van der Waals surface area contributed by atoms with Crippen molar-refractivity contribution >= 4 is 23.8 Å². The number of amides is 2. The largest absolute Gasteiger partial charge is 0.460 e. The average molecular weight is 372 g/mol. The zero-order valence-electron chi connectivity index (χ0n) is 14.8. The maximum absolute atomic E-state index is 12.7. The molecule has 1 aromatic carbocycles. The molecule has 2 fully saturated rings. The van der Waals surface area contributed by atoms with Crippen LogP contribution in [0.5, 0.6) is 0 Å². The second-order valence-electron chi connectivity index (χ2n) is 7.11. The van der Waals surface area contributed by atoms with Crippen molar-refractivity contribution < 1.29 is 28.7 Å². The summed E-state index contributed by atoms with van der Waals surface area (Å²) in [5.74, 6) is -1.87. The highest BCUT2D eigenvalue weighted by Gasteiger charge is 2.47. The third kappa shape index (κ3) is 3.27. The van der Waals surface area contributed by atoms with Crippen molar-refractivity contribution in [2.75, 3.05) is 6.54 Å². The Morgan fingerprint density at radius 2 is 2.00 bits per heavy atom. The molecular formula is C19H20N2O6. The van der Waals surface area contributed by atoms with Crippen molar-refractivity contribution in [1.82, 2.24) is 10.2 Å². The van der Waals surface area contributed by atoms with Crippen LogP contribution in [0.25, 0.3) is 0 Å². The summed E-state index contributed by atoms with van der Waals surface area (Å²) >= 11 is 0. The van der Waals surface area contributed by atoms with Gasteiger partial charge >= 0.3 is 11.9 Å². The first-order chi connectivity index (χ1) is 13.0. The van der Waals surface area contributed by atoms with Crippen molar-refractivity contribution in [1.29, 1.82) is 0 Å². The third-order valence-electron chi connectivity index (χ3n) is 4.99. The number of rotatable bonds is 5. The van der Waals surface area contributed by atoms with Gasteiger partial charge in [-0.1, -0.05) is 18.2 Å². The normalized spacial score (nSPS) is 26.6. The van der Waals surface area contributed by atoms with Gasteiger partial charge in [0.15, 0.2) is 0 Å². The zero-order chi connectivity index (χ0) is 19.1. The standard InChI is InChI=1S/C19H20N2O6/c1-10-8-14(19(25)26-10)27-15(22)9-20-17(23)16-12-4-2-3-5-13(12)18(24)21(16)11-6-7-11/h2-5,10-11,14,16H,6-9H2,1H3,(H,20,23)/t10-,14+,16-/m1/s1. The smallest absolute Gasteiger partial charge is 0.347 e. The second kappa shape index (κ2) is 6.68. The molecule has 4 rings (SSSR count). The van der Waals surface area contributed by atoms with Gasteiger partial charge in [-0.3, -0.25) is 14.4 Å².